The standard InChI is InChI=1S/C17H17ClN2O3S/c18-13-8-6-12(7-9-13)17(22)20-15(16(19)21)10-11-24(23)14-4-2-1-3-5-14/h1-9,15H,10-11H2,(H2,19,21)(H,20,22)/t15-,24-/m0/s1. The third-order valence-corrected chi connectivity index (χ3v) is 5.01. The van der Waals surface area contributed by atoms with Gasteiger partial charge in [-0.3, -0.25) is 13.8 Å². The summed E-state index contributed by atoms with van der Waals surface area (Å²) in [6.45, 7) is 0. The molecule has 2 aromatic carbocycles. The number of hydrogen-bond donors (Lipinski definition) is 2. The summed E-state index contributed by atoms with van der Waals surface area (Å²) in [6.07, 6.45) is 0.191. The van der Waals surface area contributed by atoms with E-state index in [-0.39, 0.29) is 12.2 Å². The minimum Gasteiger partial charge on any atom is -0.368 e. The van der Waals surface area contributed by atoms with Crippen molar-refractivity contribution < 1.29 is 13.8 Å². The fraction of sp³-hybridized carbons (Fsp3) is 0.176. The van der Waals surface area contributed by atoms with E-state index in [2.05, 4.69) is 5.32 Å². The lowest BCUT2D eigenvalue weighted by Gasteiger charge is -2.15. The van der Waals surface area contributed by atoms with Crippen molar-refractivity contribution in [2.24, 2.45) is 5.73 Å². The van der Waals surface area contributed by atoms with E-state index in [1.165, 1.54) is 0 Å². The third kappa shape index (κ3) is 5.18. The molecule has 0 saturated carbocycles. The SMILES string of the molecule is NC(=O)[C@H](CC[S@](=O)c1ccccc1)NC(=O)c1ccc(Cl)cc1. The first-order chi connectivity index (χ1) is 11.5. The maximum absolute atomic E-state index is 12.2. The molecule has 2 atom stereocenters. The largest absolute Gasteiger partial charge is 0.368 e. The van der Waals surface area contributed by atoms with Crippen LogP contribution in [0.5, 0.6) is 0 Å². The van der Waals surface area contributed by atoms with Crippen LogP contribution < -0.4 is 11.1 Å². The van der Waals surface area contributed by atoms with Gasteiger partial charge in [-0.15, -0.1) is 0 Å². The number of benzene rings is 2. The smallest absolute Gasteiger partial charge is 0.251 e. The average molecular weight is 365 g/mol. The summed E-state index contributed by atoms with van der Waals surface area (Å²) < 4.78 is 12.2. The highest BCUT2D eigenvalue weighted by Gasteiger charge is 2.20. The second-order valence-electron chi connectivity index (χ2n) is 5.09. The van der Waals surface area contributed by atoms with E-state index in [9.17, 15) is 13.8 Å². The van der Waals surface area contributed by atoms with Crippen molar-refractivity contribution in [1.82, 2.24) is 5.32 Å². The van der Waals surface area contributed by atoms with Crippen molar-refractivity contribution in [3.63, 3.8) is 0 Å². The Bertz CT molecular complexity index is 735. The lowest BCUT2D eigenvalue weighted by atomic mass is 10.1. The fourth-order valence-electron chi connectivity index (χ4n) is 2.04. The highest BCUT2D eigenvalue weighted by Crippen LogP contribution is 2.11. The Morgan fingerprint density at radius 1 is 1.08 bits per heavy atom. The molecule has 0 aliphatic heterocycles. The number of halogens is 1. The Morgan fingerprint density at radius 3 is 2.29 bits per heavy atom. The molecule has 0 bridgehead atoms. The van der Waals surface area contributed by atoms with Gasteiger partial charge in [-0.2, -0.15) is 0 Å². The number of amides is 2. The number of rotatable bonds is 7. The normalized spacial score (nSPS) is 13.0. The Hall–Kier alpha value is -2.18. The van der Waals surface area contributed by atoms with Crippen LogP contribution in [0, 0.1) is 0 Å². The summed E-state index contributed by atoms with van der Waals surface area (Å²) in [5.74, 6) is -0.873. The maximum atomic E-state index is 12.2. The topological polar surface area (TPSA) is 89.3 Å². The van der Waals surface area contributed by atoms with Gasteiger partial charge in [0, 0.05) is 21.2 Å². The zero-order valence-corrected chi connectivity index (χ0v) is 14.3. The molecule has 0 heterocycles. The Kier molecular flexibility index (Phi) is 6.52. The number of hydrogen-bond acceptors (Lipinski definition) is 3. The molecule has 0 spiro atoms. The lowest BCUT2D eigenvalue weighted by molar-refractivity contribution is -0.119. The second kappa shape index (κ2) is 8.61. The molecule has 24 heavy (non-hydrogen) atoms. The molecule has 0 aliphatic carbocycles. The highest BCUT2D eigenvalue weighted by atomic mass is 35.5. The van der Waals surface area contributed by atoms with Gasteiger partial charge >= 0.3 is 0 Å². The summed E-state index contributed by atoms with van der Waals surface area (Å²) in [5.41, 5.74) is 5.71. The van der Waals surface area contributed by atoms with Gasteiger partial charge in [-0.25, -0.2) is 0 Å². The van der Waals surface area contributed by atoms with Crippen LogP contribution in [-0.4, -0.2) is 27.8 Å². The second-order valence-corrected chi connectivity index (χ2v) is 7.09. The Balaban J connectivity index is 1.97. The van der Waals surface area contributed by atoms with Crippen molar-refractivity contribution in [2.45, 2.75) is 17.4 Å². The van der Waals surface area contributed by atoms with E-state index in [0.717, 1.165) is 0 Å². The first kappa shape index (κ1) is 18.2. The van der Waals surface area contributed by atoms with Gasteiger partial charge in [0.1, 0.15) is 6.04 Å². The Labute approximate surface area is 147 Å². The van der Waals surface area contributed by atoms with Gasteiger partial charge in [-0.1, -0.05) is 29.8 Å². The van der Waals surface area contributed by atoms with Gasteiger partial charge in [0.2, 0.25) is 5.91 Å². The third-order valence-electron chi connectivity index (χ3n) is 3.35. The van der Waals surface area contributed by atoms with Crippen molar-refractivity contribution in [1.29, 1.82) is 0 Å². The fourth-order valence-corrected chi connectivity index (χ4v) is 3.32. The van der Waals surface area contributed by atoms with Crippen LogP contribution in [0.3, 0.4) is 0 Å². The molecule has 2 aromatic rings. The molecule has 5 nitrogen and oxygen atoms in total. The van der Waals surface area contributed by atoms with E-state index in [1.807, 2.05) is 6.07 Å². The molecule has 126 valence electrons. The van der Waals surface area contributed by atoms with E-state index >= 15 is 0 Å². The lowest BCUT2D eigenvalue weighted by Crippen LogP contribution is -2.45. The van der Waals surface area contributed by atoms with Crippen LogP contribution in [0.2, 0.25) is 5.02 Å². The summed E-state index contributed by atoms with van der Waals surface area (Å²) in [7, 11) is -1.26. The maximum Gasteiger partial charge on any atom is 0.251 e. The minimum absolute atomic E-state index is 0.191. The minimum atomic E-state index is -1.26. The van der Waals surface area contributed by atoms with E-state index in [1.54, 1.807) is 48.5 Å². The van der Waals surface area contributed by atoms with Crippen molar-refractivity contribution >= 4 is 34.2 Å². The molecule has 0 fully saturated rings. The zero-order valence-electron chi connectivity index (χ0n) is 12.8. The number of carbonyl (C=O) groups excluding carboxylic acids is 2. The molecule has 0 saturated heterocycles. The van der Waals surface area contributed by atoms with Crippen molar-refractivity contribution in [3.8, 4) is 0 Å². The van der Waals surface area contributed by atoms with Crippen LogP contribution in [0.1, 0.15) is 16.8 Å². The summed E-state index contributed by atoms with van der Waals surface area (Å²) >= 11 is 5.78. The highest BCUT2D eigenvalue weighted by molar-refractivity contribution is 7.85. The molecule has 0 unspecified atom stereocenters. The predicted molar refractivity (Wildman–Crippen MR) is 94.2 cm³/mol. The van der Waals surface area contributed by atoms with Crippen LogP contribution in [0.15, 0.2) is 59.5 Å². The number of primary amides is 1. The quantitative estimate of drug-likeness (QED) is 0.788. The van der Waals surface area contributed by atoms with Gasteiger partial charge in [0.25, 0.3) is 5.91 Å². The molecular formula is C17H17ClN2O3S. The van der Waals surface area contributed by atoms with Crippen LogP contribution in [0.25, 0.3) is 0 Å². The molecular weight excluding hydrogens is 348 g/mol. The molecule has 0 aliphatic rings. The predicted octanol–water partition coefficient (Wildman–Crippen LogP) is 2.12. The van der Waals surface area contributed by atoms with E-state index < -0.39 is 28.7 Å². The Morgan fingerprint density at radius 2 is 1.71 bits per heavy atom. The number of nitrogens with two attached hydrogens (primary N) is 1. The number of carbonyl (C=O) groups is 2. The van der Waals surface area contributed by atoms with Gasteiger partial charge in [0.05, 0.1) is 10.8 Å². The van der Waals surface area contributed by atoms with Gasteiger partial charge in [-0.05, 0) is 42.8 Å². The van der Waals surface area contributed by atoms with Gasteiger partial charge < -0.3 is 11.1 Å². The average Bonchev–Trinajstić information content (AvgIpc) is 2.59. The zero-order chi connectivity index (χ0) is 17.5. The summed E-state index contributed by atoms with van der Waals surface area (Å²) in [6, 6.07) is 14.3. The van der Waals surface area contributed by atoms with Crippen molar-refractivity contribution in [2.75, 3.05) is 5.75 Å². The van der Waals surface area contributed by atoms with Crippen molar-refractivity contribution in [3.05, 3.63) is 65.2 Å². The first-order valence-electron chi connectivity index (χ1n) is 7.26. The van der Waals surface area contributed by atoms with Gasteiger partial charge in [0.15, 0.2) is 0 Å². The van der Waals surface area contributed by atoms with Crippen LogP contribution in [-0.2, 0) is 15.6 Å². The molecule has 2 rings (SSSR count). The van der Waals surface area contributed by atoms with E-state index in [0.29, 0.717) is 15.5 Å². The molecule has 0 aromatic heterocycles. The van der Waals surface area contributed by atoms with Crippen LogP contribution >= 0.6 is 11.6 Å². The van der Waals surface area contributed by atoms with Crippen LogP contribution in [0.4, 0.5) is 0 Å². The molecule has 3 N–H and O–H groups in total. The summed E-state index contributed by atoms with van der Waals surface area (Å²) in [4.78, 5) is 24.4. The molecule has 7 heteroatoms. The number of nitrogens with one attached hydrogen (secondary N) is 1. The first-order valence-corrected chi connectivity index (χ1v) is 8.96. The monoisotopic (exact) mass is 364 g/mol. The molecule has 2 amide bonds. The molecule has 0 radical (unpaired) electrons. The summed E-state index contributed by atoms with van der Waals surface area (Å²) in [5, 5.41) is 3.08. The van der Waals surface area contributed by atoms with E-state index in [4.69, 9.17) is 17.3 Å².